The summed E-state index contributed by atoms with van der Waals surface area (Å²) in [5.74, 6) is -0.111. The number of rotatable bonds is 1. The van der Waals surface area contributed by atoms with Crippen LogP contribution in [0.15, 0.2) is 35.6 Å². The fourth-order valence-electron chi connectivity index (χ4n) is 1.20. The van der Waals surface area contributed by atoms with Gasteiger partial charge >= 0.3 is 0 Å². The molecule has 1 aromatic heterocycles. The minimum Gasteiger partial charge on any atom is -0.505 e. The molecule has 13 heavy (non-hydrogen) atoms. The van der Waals surface area contributed by atoms with E-state index in [1.54, 1.807) is 24.4 Å². The van der Waals surface area contributed by atoms with E-state index in [0.717, 1.165) is 0 Å². The van der Waals surface area contributed by atoms with Crippen molar-refractivity contribution in [1.29, 1.82) is 0 Å². The number of nitrogens with zero attached hydrogens (tertiary/aromatic N) is 2. The molecule has 64 valence electrons. The van der Waals surface area contributed by atoms with Crippen LogP contribution < -0.4 is 0 Å². The summed E-state index contributed by atoms with van der Waals surface area (Å²) in [6, 6.07) is 6.46. The summed E-state index contributed by atoms with van der Waals surface area (Å²) in [6.45, 7) is 0. The number of phenols is 1. The molecule has 4 nitrogen and oxygen atoms in total. The summed E-state index contributed by atoms with van der Waals surface area (Å²) in [5.41, 5.74) is 0.688. The smallest absolute Gasteiger partial charge is 0.154 e. The molecule has 0 aliphatic rings. The lowest BCUT2D eigenvalue weighted by Crippen LogP contribution is -1.77. The maximum Gasteiger partial charge on any atom is 0.154 e. The van der Waals surface area contributed by atoms with Gasteiger partial charge in [0.25, 0.3) is 0 Å². The second-order valence-corrected chi connectivity index (χ2v) is 2.59. The molecule has 0 spiro atoms. The topological polar surface area (TPSA) is 62.5 Å². The number of hydrogen-bond donors (Lipinski definition) is 1. The highest BCUT2D eigenvalue weighted by Crippen LogP contribution is 2.32. The number of benzene rings is 1. The molecule has 4 heteroatoms. The van der Waals surface area contributed by atoms with Crippen molar-refractivity contribution in [1.82, 2.24) is 4.98 Å². The van der Waals surface area contributed by atoms with Crippen LogP contribution >= 0.6 is 0 Å². The first kappa shape index (κ1) is 7.67. The Labute approximate surface area is 73.8 Å². The molecule has 0 saturated heterocycles. The minimum absolute atomic E-state index is 0.0421. The van der Waals surface area contributed by atoms with Crippen LogP contribution in [-0.4, -0.2) is 10.1 Å². The van der Waals surface area contributed by atoms with Gasteiger partial charge in [0.05, 0.1) is 5.52 Å². The Morgan fingerprint density at radius 3 is 2.92 bits per heavy atom. The van der Waals surface area contributed by atoms with Gasteiger partial charge in [0.1, 0.15) is 5.69 Å². The molecular weight excluding hydrogens is 168 g/mol. The molecule has 0 radical (unpaired) electrons. The van der Waals surface area contributed by atoms with Crippen LogP contribution in [0.25, 0.3) is 10.9 Å². The van der Waals surface area contributed by atoms with Crippen molar-refractivity contribution in [2.45, 2.75) is 0 Å². The predicted octanol–water partition coefficient (Wildman–Crippen LogP) is 2.34. The van der Waals surface area contributed by atoms with Gasteiger partial charge in [0.2, 0.25) is 0 Å². The lowest BCUT2D eigenvalue weighted by molar-refractivity contribution is 0.483. The fourth-order valence-corrected chi connectivity index (χ4v) is 1.20. The first-order chi connectivity index (χ1) is 6.33. The second kappa shape index (κ2) is 2.82. The summed E-state index contributed by atoms with van der Waals surface area (Å²) < 4.78 is 0. The van der Waals surface area contributed by atoms with E-state index in [1.807, 2.05) is 0 Å². The van der Waals surface area contributed by atoms with Crippen LogP contribution in [-0.2, 0) is 0 Å². The molecule has 2 aromatic rings. The van der Waals surface area contributed by atoms with Gasteiger partial charge in [-0.1, -0.05) is 0 Å². The number of hydrogen-bond acceptors (Lipinski definition) is 4. The maximum atomic E-state index is 10.2. The molecule has 0 aliphatic carbocycles. The summed E-state index contributed by atoms with van der Waals surface area (Å²) in [7, 11) is 0. The molecule has 0 saturated carbocycles. The van der Waals surface area contributed by atoms with Crippen LogP contribution in [0, 0.1) is 4.91 Å². The molecule has 0 aliphatic heterocycles. The van der Waals surface area contributed by atoms with Crippen LogP contribution in [0.1, 0.15) is 0 Å². The van der Waals surface area contributed by atoms with Gasteiger partial charge in [-0.2, -0.15) is 0 Å². The third-order valence-electron chi connectivity index (χ3n) is 1.83. The van der Waals surface area contributed by atoms with Crippen LogP contribution in [0.3, 0.4) is 0 Å². The Hall–Kier alpha value is -1.97. The zero-order valence-corrected chi connectivity index (χ0v) is 6.64. The molecule has 1 heterocycles. The van der Waals surface area contributed by atoms with Crippen molar-refractivity contribution in [2.75, 3.05) is 0 Å². The number of aromatic hydroxyl groups is 1. The average Bonchev–Trinajstić information content (AvgIpc) is 2.19. The van der Waals surface area contributed by atoms with Gasteiger partial charge in [-0.3, -0.25) is 4.98 Å². The van der Waals surface area contributed by atoms with Gasteiger partial charge in [-0.15, -0.1) is 4.91 Å². The quantitative estimate of drug-likeness (QED) is 0.675. The zero-order chi connectivity index (χ0) is 9.26. The Bertz CT molecular complexity index is 468. The SMILES string of the molecule is O=Nc1ccc2ncccc2c1O. The lowest BCUT2D eigenvalue weighted by atomic mass is 10.2. The van der Waals surface area contributed by atoms with Crippen molar-refractivity contribution in [3.05, 3.63) is 35.4 Å². The van der Waals surface area contributed by atoms with E-state index in [1.165, 1.54) is 6.07 Å². The van der Waals surface area contributed by atoms with Crippen LogP contribution in [0.4, 0.5) is 5.69 Å². The number of nitroso groups, excluding NO2 is 1. The van der Waals surface area contributed by atoms with Gasteiger partial charge in [-0.25, -0.2) is 0 Å². The molecule has 1 aromatic carbocycles. The molecule has 0 unspecified atom stereocenters. The van der Waals surface area contributed by atoms with E-state index in [0.29, 0.717) is 10.9 Å². The zero-order valence-electron chi connectivity index (χ0n) is 6.64. The fraction of sp³-hybridized carbons (Fsp3) is 0. The Morgan fingerprint density at radius 2 is 2.15 bits per heavy atom. The van der Waals surface area contributed by atoms with E-state index >= 15 is 0 Å². The normalized spacial score (nSPS) is 10.2. The summed E-state index contributed by atoms with van der Waals surface area (Å²) in [4.78, 5) is 14.3. The monoisotopic (exact) mass is 174 g/mol. The third kappa shape index (κ3) is 1.12. The molecule has 2 rings (SSSR count). The summed E-state index contributed by atoms with van der Waals surface area (Å²) in [6.07, 6.45) is 1.62. The van der Waals surface area contributed by atoms with Crippen molar-refractivity contribution >= 4 is 16.6 Å². The van der Waals surface area contributed by atoms with Crippen molar-refractivity contribution in [2.24, 2.45) is 5.18 Å². The van der Waals surface area contributed by atoms with Gasteiger partial charge < -0.3 is 5.11 Å². The number of phenolic OH excluding ortho intramolecular Hbond substituents is 1. The molecular formula is C9H6N2O2. The Kier molecular flexibility index (Phi) is 1.66. The van der Waals surface area contributed by atoms with Crippen LogP contribution in [0.2, 0.25) is 0 Å². The first-order valence-corrected chi connectivity index (χ1v) is 3.73. The minimum atomic E-state index is -0.111. The third-order valence-corrected chi connectivity index (χ3v) is 1.83. The van der Waals surface area contributed by atoms with Gasteiger partial charge in [0, 0.05) is 11.6 Å². The highest BCUT2D eigenvalue weighted by Gasteiger charge is 2.05. The maximum absolute atomic E-state index is 10.2. The highest BCUT2D eigenvalue weighted by atomic mass is 16.3. The Balaban J connectivity index is 2.86. The molecule has 0 bridgehead atoms. The highest BCUT2D eigenvalue weighted by molar-refractivity contribution is 5.89. The van der Waals surface area contributed by atoms with Crippen molar-refractivity contribution < 1.29 is 5.11 Å². The first-order valence-electron chi connectivity index (χ1n) is 3.73. The van der Waals surface area contributed by atoms with Crippen LogP contribution in [0.5, 0.6) is 5.75 Å². The average molecular weight is 174 g/mol. The van der Waals surface area contributed by atoms with E-state index in [-0.39, 0.29) is 11.4 Å². The number of aromatic nitrogens is 1. The van der Waals surface area contributed by atoms with Crippen molar-refractivity contribution in [3.63, 3.8) is 0 Å². The molecule has 0 atom stereocenters. The molecule has 1 N–H and O–H groups in total. The standard InChI is InChI=1S/C9H6N2O2/c12-9-6-2-1-5-10-7(6)3-4-8(9)11-13/h1-5,12H. The van der Waals surface area contributed by atoms with E-state index in [9.17, 15) is 10.0 Å². The van der Waals surface area contributed by atoms with Gasteiger partial charge in [0.15, 0.2) is 5.75 Å². The lowest BCUT2D eigenvalue weighted by Gasteiger charge is -2.00. The molecule has 0 amide bonds. The molecule has 0 fully saturated rings. The van der Waals surface area contributed by atoms with E-state index in [2.05, 4.69) is 10.2 Å². The van der Waals surface area contributed by atoms with Crippen molar-refractivity contribution in [3.8, 4) is 5.75 Å². The predicted molar refractivity (Wildman–Crippen MR) is 48.9 cm³/mol. The van der Waals surface area contributed by atoms with Gasteiger partial charge in [-0.05, 0) is 29.4 Å². The van der Waals surface area contributed by atoms with E-state index < -0.39 is 0 Å². The Morgan fingerprint density at radius 1 is 1.31 bits per heavy atom. The number of pyridine rings is 1. The summed E-state index contributed by atoms with van der Waals surface area (Å²) in [5, 5.41) is 12.7. The second-order valence-electron chi connectivity index (χ2n) is 2.59. The number of fused-ring (bicyclic) bond motifs is 1. The summed E-state index contributed by atoms with van der Waals surface area (Å²) >= 11 is 0. The van der Waals surface area contributed by atoms with E-state index in [4.69, 9.17) is 0 Å². The largest absolute Gasteiger partial charge is 0.505 e.